The fourth-order valence-corrected chi connectivity index (χ4v) is 11.2. The second-order valence-corrected chi connectivity index (χ2v) is 20.1. The Hall–Kier alpha value is -8.60. The molecule has 0 saturated heterocycles. The van der Waals surface area contributed by atoms with E-state index in [2.05, 4.69) is 258 Å². The Bertz CT molecular complexity index is 4110. The summed E-state index contributed by atoms with van der Waals surface area (Å²) in [5, 5.41) is 6.79. The van der Waals surface area contributed by atoms with Gasteiger partial charge in [0.2, 0.25) is 0 Å². The molecule has 4 nitrogen and oxygen atoms in total. The summed E-state index contributed by atoms with van der Waals surface area (Å²) in [6, 6.07) is 71.1. The van der Waals surface area contributed by atoms with Crippen molar-refractivity contribution in [3.05, 3.63) is 244 Å². The number of fused-ring (bicyclic) bond motifs is 9. The van der Waals surface area contributed by atoms with Crippen molar-refractivity contribution >= 4 is 79.0 Å². The number of ether oxygens (including phenoxy) is 1. The third-order valence-corrected chi connectivity index (χ3v) is 15.1. The number of rotatable bonds is 8. The van der Waals surface area contributed by atoms with Crippen LogP contribution in [0.5, 0.6) is 5.75 Å². The first-order valence-electron chi connectivity index (χ1n) is 25.1. The van der Waals surface area contributed by atoms with Gasteiger partial charge in [0.1, 0.15) is 11.7 Å². The summed E-state index contributed by atoms with van der Waals surface area (Å²) < 4.78 is 13.9. The second-order valence-electron chi connectivity index (χ2n) is 20.1. The molecular weight excluding hydrogens is 877 g/mol. The molecular formula is C68H54N2O2. The quantitative estimate of drug-likeness (QED) is 0.152. The van der Waals surface area contributed by atoms with E-state index in [9.17, 15) is 0 Å². The first-order valence-corrected chi connectivity index (χ1v) is 25.1. The molecule has 0 spiro atoms. The highest BCUT2D eigenvalue weighted by molar-refractivity contribution is 6.12. The van der Waals surface area contributed by atoms with E-state index in [0.29, 0.717) is 0 Å². The predicted molar refractivity (Wildman–Crippen MR) is 302 cm³/mol. The average molecular weight is 931 g/mol. The van der Waals surface area contributed by atoms with Crippen molar-refractivity contribution in [2.75, 3.05) is 9.80 Å². The van der Waals surface area contributed by atoms with Gasteiger partial charge in [0, 0.05) is 56.4 Å². The van der Waals surface area contributed by atoms with Crippen molar-refractivity contribution in [2.24, 2.45) is 0 Å². The summed E-state index contributed by atoms with van der Waals surface area (Å²) in [7, 11) is 0. The first-order chi connectivity index (χ1) is 35.1. The Morgan fingerprint density at radius 2 is 0.944 bits per heavy atom. The third-order valence-electron chi connectivity index (χ3n) is 15.1. The fourth-order valence-electron chi connectivity index (χ4n) is 11.2. The number of benzene rings is 10. The summed E-state index contributed by atoms with van der Waals surface area (Å²) >= 11 is 0. The summed E-state index contributed by atoms with van der Waals surface area (Å²) in [6.07, 6.45) is 4.55. The van der Waals surface area contributed by atoms with E-state index in [-0.39, 0.29) is 12.0 Å². The minimum absolute atomic E-state index is 0.0671. The number of nitrogens with zero attached hydrogens (tertiary/aromatic N) is 2. The van der Waals surface area contributed by atoms with Crippen LogP contribution in [-0.4, -0.2) is 6.10 Å². The molecule has 0 fully saturated rings. The number of aryl methyl sites for hydroxylation is 6. The smallest absolute Gasteiger partial charge is 0.177 e. The standard InChI is InChI=1S/C68H54N2O2/c1-41-17-19-43(3)61(31-41)69(63-37-51(23-21-45(63)5)47-13-9-7-10-14-47)55-27-25-49-35-59-57-29-30-58-60-36-50-26-28-56(34-54(50)40-66(60)72-68(58)67(57)71-65(59)39-53(49)33-55)70(62-32-42(2)18-20-44(62)4)64-38-52(24-22-46(64)6)48-15-11-8-12-16-48/h7-40,59,65H,1-6H3. The highest BCUT2D eigenvalue weighted by Gasteiger charge is 2.36. The van der Waals surface area contributed by atoms with Crippen LogP contribution in [-0.2, 0) is 0 Å². The summed E-state index contributed by atoms with van der Waals surface area (Å²) in [4.78, 5) is 4.86. The largest absolute Gasteiger partial charge is 0.481 e. The highest BCUT2D eigenvalue weighted by Crippen LogP contribution is 2.49. The lowest BCUT2D eigenvalue weighted by Crippen LogP contribution is -2.35. The Labute approximate surface area is 421 Å². The van der Waals surface area contributed by atoms with Crippen molar-refractivity contribution < 1.29 is 9.15 Å². The van der Waals surface area contributed by atoms with Crippen molar-refractivity contribution in [1.82, 2.24) is 0 Å². The number of anilines is 6. The van der Waals surface area contributed by atoms with Crippen LogP contribution in [0, 0.1) is 41.5 Å². The van der Waals surface area contributed by atoms with Gasteiger partial charge in [-0.15, -0.1) is 0 Å². The second kappa shape index (κ2) is 17.1. The van der Waals surface area contributed by atoms with E-state index < -0.39 is 0 Å². The lowest BCUT2D eigenvalue weighted by Gasteiger charge is -2.30. The Balaban J connectivity index is 0.882. The monoisotopic (exact) mass is 930 g/mol. The molecule has 1 aromatic heterocycles. The highest BCUT2D eigenvalue weighted by atomic mass is 16.5. The van der Waals surface area contributed by atoms with Crippen LogP contribution in [0.4, 0.5) is 34.1 Å². The number of furan rings is 1. The zero-order chi connectivity index (χ0) is 48.8. The fraction of sp³-hybridized carbons (Fsp3) is 0.118. The lowest BCUT2D eigenvalue weighted by atomic mass is 9.89. The van der Waals surface area contributed by atoms with E-state index in [0.717, 1.165) is 77.7 Å². The van der Waals surface area contributed by atoms with Gasteiger partial charge in [0.15, 0.2) is 11.3 Å². The SMILES string of the molecule is Cc1ccc(C)c(N(c2ccc3c(c2)=CC2Oc4c(ccc5c4oc4cc6cc(N(c7cc(C)ccc7C)c7cc(-c8ccccc8)ccc7C)ccc6cc45)C2C=3)c2cc(-c3ccccc3)ccc2C)c1. The zero-order valence-corrected chi connectivity index (χ0v) is 41.5. The maximum Gasteiger partial charge on any atom is 0.177 e. The van der Waals surface area contributed by atoms with Gasteiger partial charge >= 0.3 is 0 Å². The van der Waals surface area contributed by atoms with Crippen molar-refractivity contribution in [3.8, 4) is 28.0 Å². The molecule has 2 aliphatic rings. The topological polar surface area (TPSA) is 28.9 Å². The van der Waals surface area contributed by atoms with E-state index >= 15 is 0 Å². The molecule has 72 heavy (non-hydrogen) atoms. The van der Waals surface area contributed by atoms with Crippen molar-refractivity contribution in [2.45, 2.75) is 53.6 Å². The molecule has 10 aromatic carbocycles. The first kappa shape index (κ1) is 43.4. The van der Waals surface area contributed by atoms with Crippen LogP contribution < -0.4 is 25.0 Å². The van der Waals surface area contributed by atoms with E-state index in [1.807, 2.05) is 0 Å². The van der Waals surface area contributed by atoms with Crippen LogP contribution in [0.3, 0.4) is 0 Å². The van der Waals surface area contributed by atoms with E-state index in [4.69, 9.17) is 9.15 Å². The van der Waals surface area contributed by atoms with Gasteiger partial charge in [-0.25, -0.2) is 0 Å². The summed E-state index contributed by atoms with van der Waals surface area (Å²) in [6.45, 7) is 13.2. The molecule has 0 N–H and O–H groups in total. The van der Waals surface area contributed by atoms with Gasteiger partial charge in [-0.3, -0.25) is 0 Å². The minimum atomic E-state index is -0.166. The summed E-state index contributed by atoms with van der Waals surface area (Å²) in [5.41, 5.74) is 21.7. The van der Waals surface area contributed by atoms with Crippen LogP contribution in [0.2, 0.25) is 0 Å². The normalized spacial score (nSPS) is 14.6. The molecule has 2 heterocycles. The van der Waals surface area contributed by atoms with Gasteiger partial charge in [0.05, 0.1) is 0 Å². The van der Waals surface area contributed by atoms with Crippen molar-refractivity contribution in [3.63, 3.8) is 0 Å². The maximum absolute atomic E-state index is 7.02. The zero-order valence-electron chi connectivity index (χ0n) is 41.5. The average Bonchev–Trinajstić information content (AvgIpc) is 3.96. The minimum Gasteiger partial charge on any atom is -0.481 e. The molecule has 0 radical (unpaired) electrons. The van der Waals surface area contributed by atoms with Crippen LogP contribution in [0.1, 0.15) is 44.9 Å². The van der Waals surface area contributed by atoms with Gasteiger partial charge in [0.25, 0.3) is 0 Å². The van der Waals surface area contributed by atoms with Gasteiger partial charge < -0.3 is 19.0 Å². The molecule has 0 bridgehead atoms. The van der Waals surface area contributed by atoms with Gasteiger partial charge in [-0.2, -0.15) is 0 Å². The number of hydrogen-bond acceptors (Lipinski definition) is 4. The number of hydrogen-bond donors (Lipinski definition) is 0. The Morgan fingerprint density at radius 3 is 1.56 bits per heavy atom. The molecule has 2 unspecified atom stereocenters. The molecule has 1 aliphatic carbocycles. The van der Waals surface area contributed by atoms with Gasteiger partial charge in [-0.1, -0.05) is 133 Å². The molecule has 13 rings (SSSR count). The van der Waals surface area contributed by atoms with E-state index in [1.165, 1.54) is 66.5 Å². The van der Waals surface area contributed by atoms with Crippen LogP contribution in [0.15, 0.2) is 199 Å². The molecule has 11 aromatic rings. The maximum atomic E-state index is 7.02. The molecule has 348 valence electrons. The molecule has 0 saturated carbocycles. The molecule has 4 heteroatoms. The lowest BCUT2D eigenvalue weighted by molar-refractivity contribution is 0.288. The predicted octanol–water partition coefficient (Wildman–Crippen LogP) is 17.0. The molecule has 0 amide bonds. The van der Waals surface area contributed by atoms with Crippen LogP contribution in [0.25, 0.3) is 67.1 Å². The van der Waals surface area contributed by atoms with Gasteiger partial charge in [-0.05, 0) is 191 Å². The Kier molecular flexibility index (Phi) is 10.3. The van der Waals surface area contributed by atoms with Crippen molar-refractivity contribution in [1.29, 1.82) is 0 Å². The molecule has 1 aliphatic heterocycles. The van der Waals surface area contributed by atoms with Crippen LogP contribution >= 0.6 is 0 Å². The third kappa shape index (κ3) is 7.36. The van der Waals surface area contributed by atoms with E-state index in [1.54, 1.807) is 0 Å². The Morgan fingerprint density at radius 1 is 0.389 bits per heavy atom. The molecule has 2 atom stereocenters. The summed E-state index contributed by atoms with van der Waals surface area (Å²) in [5.74, 6) is 0.904.